The number of nitrogens with one attached hydrogen (secondary N) is 1. The molecule has 0 atom stereocenters. The van der Waals surface area contributed by atoms with Crippen molar-refractivity contribution in [2.24, 2.45) is 0 Å². The van der Waals surface area contributed by atoms with Gasteiger partial charge in [-0.2, -0.15) is 5.26 Å². The van der Waals surface area contributed by atoms with Crippen molar-refractivity contribution < 1.29 is 18.8 Å². The summed E-state index contributed by atoms with van der Waals surface area (Å²) < 4.78 is 23.7. The predicted octanol–water partition coefficient (Wildman–Crippen LogP) is 4.15. The fourth-order valence-corrected chi connectivity index (χ4v) is 2.34. The van der Waals surface area contributed by atoms with Crippen molar-refractivity contribution in [3.05, 3.63) is 56.8 Å². The maximum atomic E-state index is 13.1. The number of rotatable bonds is 8. The van der Waals surface area contributed by atoms with Crippen molar-refractivity contribution >= 4 is 23.0 Å². The number of hydrogen-bond donors (Lipinski definition) is 1. The zero-order chi connectivity index (χ0) is 19.1. The maximum absolute atomic E-state index is 13.1. The fourth-order valence-electron chi connectivity index (χ4n) is 2.16. The maximum Gasteiger partial charge on any atom is 0.291 e. The molecule has 0 unspecified atom stereocenters. The second-order valence-corrected chi connectivity index (χ2v) is 5.55. The van der Waals surface area contributed by atoms with Crippen molar-refractivity contribution in [1.29, 1.82) is 5.26 Å². The Kier molecular flexibility index (Phi) is 6.58. The van der Waals surface area contributed by atoms with Crippen LogP contribution in [0.1, 0.15) is 12.0 Å². The van der Waals surface area contributed by atoms with Crippen LogP contribution in [0.25, 0.3) is 0 Å². The number of anilines is 1. The monoisotopic (exact) mass is 379 g/mol. The normalized spacial score (nSPS) is 10.1. The van der Waals surface area contributed by atoms with Gasteiger partial charge < -0.3 is 14.8 Å². The average Bonchev–Trinajstić information content (AvgIpc) is 2.63. The van der Waals surface area contributed by atoms with Gasteiger partial charge in [0.05, 0.1) is 29.7 Å². The third kappa shape index (κ3) is 4.74. The van der Waals surface area contributed by atoms with E-state index in [1.807, 2.05) is 0 Å². The molecule has 0 amide bonds. The van der Waals surface area contributed by atoms with E-state index in [9.17, 15) is 14.5 Å². The minimum Gasteiger partial charge on any atom is -0.493 e. The Bertz CT molecular complexity index is 855. The molecule has 0 saturated heterocycles. The molecule has 0 radical (unpaired) electrons. The van der Waals surface area contributed by atoms with E-state index in [1.165, 1.54) is 25.3 Å². The number of nitro groups is 1. The molecule has 0 aliphatic heterocycles. The van der Waals surface area contributed by atoms with Gasteiger partial charge in [-0.1, -0.05) is 11.6 Å². The number of nitriles is 1. The van der Waals surface area contributed by atoms with Crippen molar-refractivity contribution in [2.75, 3.05) is 25.6 Å². The molecule has 7 nitrogen and oxygen atoms in total. The molecule has 0 aromatic heterocycles. The van der Waals surface area contributed by atoms with Gasteiger partial charge in [0.25, 0.3) is 5.69 Å². The summed E-state index contributed by atoms with van der Waals surface area (Å²) in [6.45, 7) is 0.809. The molecule has 1 N–H and O–H groups in total. The van der Waals surface area contributed by atoms with Crippen LogP contribution in [0.5, 0.6) is 11.5 Å². The Morgan fingerprint density at radius 1 is 1.35 bits per heavy atom. The molecule has 0 aliphatic rings. The van der Waals surface area contributed by atoms with E-state index >= 15 is 0 Å². The van der Waals surface area contributed by atoms with Crippen molar-refractivity contribution in [1.82, 2.24) is 0 Å². The summed E-state index contributed by atoms with van der Waals surface area (Å²) in [5.41, 5.74) is 0.229. The number of hydrogen-bond acceptors (Lipinski definition) is 6. The predicted molar refractivity (Wildman–Crippen MR) is 94.4 cm³/mol. The number of methoxy groups -OCH3 is 1. The Morgan fingerprint density at radius 2 is 2.12 bits per heavy atom. The van der Waals surface area contributed by atoms with Gasteiger partial charge in [-0.05, 0) is 24.6 Å². The van der Waals surface area contributed by atoms with E-state index in [1.54, 1.807) is 12.1 Å². The van der Waals surface area contributed by atoms with E-state index in [0.717, 1.165) is 6.07 Å². The van der Waals surface area contributed by atoms with E-state index in [2.05, 4.69) is 5.32 Å². The molecule has 0 aliphatic carbocycles. The van der Waals surface area contributed by atoms with Crippen LogP contribution in [0.15, 0.2) is 30.3 Å². The highest BCUT2D eigenvalue weighted by atomic mass is 35.5. The summed E-state index contributed by atoms with van der Waals surface area (Å²) >= 11 is 5.70. The molecule has 26 heavy (non-hydrogen) atoms. The standard InChI is InChI=1S/C17H15ClFN3O4/c1-25-16-9-15(22(23)24)11(10-20)7-17(16)26-6-2-5-21-12-3-4-14(19)13(18)8-12/h3-4,7-9,21H,2,5-6H2,1H3. The topological polar surface area (TPSA) is 97.4 Å². The summed E-state index contributed by atoms with van der Waals surface area (Å²) in [4.78, 5) is 10.3. The SMILES string of the molecule is COc1cc([N+](=O)[O-])c(C#N)cc1OCCCNc1ccc(F)c(Cl)c1. The molecule has 136 valence electrons. The van der Waals surface area contributed by atoms with Crippen LogP contribution < -0.4 is 14.8 Å². The molecule has 0 heterocycles. The summed E-state index contributed by atoms with van der Waals surface area (Å²) in [6, 6.07) is 8.53. The van der Waals surface area contributed by atoms with Crippen LogP contribution in [-0.2, 0) is 0 Å². The first-order chi connectivity index (χ1) is 12.5. The van der Waals surface area contributed by atoms with Gasteiger partial charge in [0, 0.05) is 18.3 Å². The molecule has 0 fully saturated rings. The second kappa shape index (κ2) is 8.87. The summed E-state index contributed by atoms with van der Waals surface area (Å²) in [7, 11) is 1.36. The van der Waals surface area contributed by atoms with Gasteiger partial charge in [0.2, 0.25) is 0 Å². The molecular weight excluding hydrogens is 365 g/mol. The molecule has 9 heteroatoms. The fraction of sp³-hybridized carbons (Fsp3) is 0.235. The molecule has 2 aromatic rings. The van der Waals surface area contributed by atoms with E-state index < -0.39 is 10.7 Å². The Morgan fingerprint density at radius 3 is 2.73 bits per heavy atom. The quantitative estimate of drug-likeness (QED) is 0.420. The highest BCUT2D eigenvalue weighted by molar-refractivity contribution is 6.31. The van der Waals surface area contributed by atoms with Crippen LogP contribution in [0.2, 0.25) is 5.02 Å². The first-order valence-electron chi connectivity index (χ1n) is 7.54. The lowest BCUT2D eigenvalue weighted by Gasteiger charge is -2.12. The Balaban J connectivity index is 1.93. The minimum absolute atomic E-state index is 0.0332. The van der Waals surface area contributed by atoms with Gasteiger partial charge in [0.1, 0.15) is 17.4 Å². The number of halogens is 2. The third-order valence-electron chi connectivity index (χ3n) is 3.43. The van der Waals surface area contributed by atoms with Crippen LogP contribution >= 0.6 is 11.6 Å². The summed E-state index contributed by atoms with van der Waals surface area (Å²) in [5.74, 6) is -0.0624. The van der Waals surface area contributed by atoms with E-state index in [4.69, 9.17) is 26.3 Å². The third-order valence-corrected chi connectivity index (χ3v) is 3.72. The van der Waals surface area contributed by atoms with E-state index in [-0.39, 0.29) is 34.4 Å². The smallest absolute Gasteiger partial charge is 0.291 e. The van der Waals surface area contributed by atoms with Crippen LogP contribution in [0, 0.1) is 27.3 Å². The molecule has 2 rings (SSSR count). The number of nitro benzene ring substituents is 1. The van der Waals surface area contributed by atoms with Gasteiger partial charge in [-0.3, -0.25) is 10.1 Å². The lowest BCUT2D eigenvalue weighted by atomic mass is 10.1. The summed E-state index contributed by atoms with van der Waals surface area (Å²) in [6.07, 6.45) is 0.580. The van der Waals surface area contributed by atoms with Gasteiger partial charge >= 0.3 is 0 Å². The second-order valence-electron chi connectivity index (χ2n) is 5.15. The van der Waals surface area contributed by atoms with Crippen molar-refractivity contribution in [3.63, 3.8) is 0 Å². The van der Waals surface area contributed by atoms with Crippen LogP contribution in [0.4, 0.5) is 15.8 Å². The average molecular weight is 380 g/mol. The minimum atomic E-state index is -0.650. The Labute approximate surface area is 154 Å². The van der Waals surface area contributed by atoms with Gasteiger partial charge in [0.15, 0.2) is 11.5 Å². The highest BCUT2D eigenvalue weighted by Gasteiger charge is 2.19. The molecule has 2 aromatic carbocycles. The molecule has 0 saturated carbocycles. The number of nitrogens with zero attached hydrogens (tertiary/aromatic N) is 2. The van der Waals surface area contributed by atoms with Gasteiger partial charge in [-0.15, -0.1) is 0 Å². The zero-order valence-corrected chi connectivity index (χ0v) is 14.5. The van der Waals surface area contributed by atoms with E-state index in [0.29, 0.717) is 18.7 Å². The van der Waals surface area contributed by atoms with Crippen molar-refractivity contribution in [3.8, 4) is 17.6 Å². The lowest BCUT2D eigenvalue weighted by molar-refractivity contribution is -0.385. The van der Waals surface area contributed by atoms with Crippen molar-refractivity contribution in [2.45, 2.75) is 6.42 Å². The van der Waals surface area contributed by atoms with Crippen LogP contribution in [-0.4, -0.2) is 25.2 Å². The first kappa shape index (κ1) is 19.3. The zero-order valence-electron chi connectivity index (χ0n) is 13.8. The van der Waals surface area contributed by atoms with Gasteiger partial charge in [-0.25, -0.2) is 4.39 Å². The molecular formula is C17H15ClFN3O4. The molecule has 0 spiro atoms. The first-order valence-corrected chi connectivity index (χ1v) is 7.92. The number of ether oxygens (including phenoxy) is 2. The molecule has 0 bridgehead atoms. The summed E-state index contributed by atoms with van der Waals surface area (Å²) in [5, 5.41) is 23.1. The largest absolute Gasteiger partial charge is 0.493 e. The lowest BCUT2D eigenvalue weighted by Crippen LogP contribution is -2.08. The Hall–Kier alpha value is -3.05. The highest BCUT2D eigenvalue weighted by Crippen LogP contribution is 2.34. The number of benzene rings is 2. The van der Waals surface area contributed by atoms with Crippen LogP contribution in [0.3, 0.4) is 0 Å².